The van der Waals surface area contributed by atoms with Gasteiger partial charge < -0.3 is 14.0 Å². The zero-order chi connectivity index (χ0) is 15.7. The number of halogens is 1. The highest BCUT2D eigenvalue weighted by atomic mass is 35.5. The van der Waals surface area contributed by atoms with Gasteiger partial charge in [-0.05, 0) is 13.0 Å². The molecule has 0 bridgehead atoms. The summed E-state index contributed by atoms with van der Waals surface area (Å²) in [5.74, 6) is 0.376. The Morgan fingerprint density at radius 3 is 2.73 bits per heavy atom. The largest absolute Gasteiger partial charge is 0.480 e. The molecule has 3 aromatic heterocycles. The summed E-state index contributed by atoms with van der Waals surface area (Å²) >= 11 is 6.16. The van der Waals surface area contributed by atoms with E-state index in [4.69, 9.17) is 21.1 Å². The van der Waals surface area contributed by atoms with E-state index in [1.165, 1.54) is 14.2 Å². The molecule has 22 heavy (non-hydrogen) atoms. The van der Waals surface area contributed by atoms with Gasteiger partial charge in [-0.15, -0.1) is 10.2 Å². The molecule has 0 saturated heterocycles. The normalized spacial score (nSPS) is 10.9. The molecule has 0 saturated carbocycles. The Morgan fingerprint density at radius 2 is 2.05 bits per heavy atom. The second-order valence-electron chi connectivity index (χ2n) is 4.51. The number of methoxy groups -OCH3 is 2. The van der Waals surface area contributed by atoms with E-state index >= 15 is 0 Å². The zero-order valence-corrected chi connectivity index (χ0v) is 13.1. The third-order valence-corrected chi connectivity index (χ3v) is 3.58. The summed E-state index contributed by atoms with van der Waals surface area (Å²) < 4.78 is 12.3. The molecule has 0 unspecified atom stereocenters. The highest BCUT2D eigenvalue weighted by molar-refractivity contribution is 6.35. The maximum absolute atomic E-state index is 6.16. The van der Waals surface area contributed by atoms with Crippen LogP contribution in [-0.4, -0.2) is 39.0 Å². The summed E-state index contributed by atoms with van der Waals surface area (Å²) in [6, 6.07) is 2.13. The third kappa shape index (κ3) is 2.33. The van der Waals surface area contributed by atoms with E-state index in [0.29, 0.717) is 27.7 Å². The Labute approximate surface area is 131 Å². The first kappa shape index (κ1) is 14.5. The van der Waals surface area contributed by atoms with Gasteiger partial charge in [-0.25, -0.2) is 4.98 Å². The van der Waals surface area contributed by atoms with Crippen LogP contribution < -0.4 is 9.47 Å². The summed E-state index contributed by atoms with van der Waals surface area (Å²) in [4.78, 5) is 8.25. The summed E-state index contributed by atoms with van der Waals surface area (Å²) in [5.41, 5.74) is 2.81. The Bertz CT molecular complexity index is 833. The zero-order valence-electron chi connectivity index (χ0n) is 12.4. The highest BCUT2D eigenvalue weighted by Gasteiger charge is 2.15. The molecule has 0 aliphatic rings. The fourth-order valence-electron chi connectivity index (χ4n) is 2.21. The van der Waals surface area contributed by atoms with Crippen LogP contribution in [0, 0.1) is 0 Å². The Kier molecular flexibility index (Phi) is 3.81. The molecular weight excluding hydrogens is 306 g/mol. The Morgan fingerprint density at radius 1 is 1.23 bits per heavy atom. The van der Waals surface area contributed by atoms with E-state index in [9.17, 15) is 0 Å². The predicted molar refractivity (Wildman–Crippen MR) is 82.3 cm³/mol. The number of ether oxygens (including phenoxy) is 2. The monoisotopic (exact) mass is 319 g/mol. The number of hydrogen-bond acceptors (Lipinski definition) is 6. The Hall–Kier alpha value is -2.41. The maximum Gasteiger partial charge on any atom is 0.319 e. The fraction of sp³-hybridized carbons (Fsp3) is 0.286. The molecule has 0 spiro atoms. The molecule has 0 aromatic carbocycles. The average molecular weight is 320 g/mol. The first-order valence-corrected chi connectivity index (χ1v) is 7.03. The van der Waals surface area contributed by atoms with Gasteiger partial charge in [0.2, 0.25) is 5.88 Å². The van der Waals surface area contributed by atoms with Crippen LogP contribution in [-0.2, 0) is 6.54 Å². The van der Waals surface area contributed by atoms with Crippen LogP contribution in [0.5, 0.6) is 11.9 Å². The van der Waals surface area contributed by atoms with Gasteiger partial charge in [-0.2, -0.15) is 4.98 Å². The lowest BCUT2D eigenvalue weighted by Gasteiger charge is -2.08. The molecular formula is C14H14ClN5O2. The molecule has 3 rings (SSSR count). The molecule has 0 amide bonds. The molecule has 3 heterocycles. The van der Waals surface area contributed by atoms with Gasteiger partial charge in [0.15, 0.2) is 0 Å². The fourth-order valence-corrected chi connectivity index (χ4v) is 2.46. The summed E-state index contributed by atoms with van der Waals surface area (Å²) in [6.45, 7) is 2.82. The maximum atomic E-state index is 6.16. The molecule has 0 aliphatic heterocycles. The SMILES string of the molecule is CCn1cc(Cl)c2nnc(-c3cnc(OC)nc3OC)cc21. The van der Waals surface area contributed by atoms with Crippen molar-refractivity contribution in [1.29, 1.82) is 0 Å². The van der Waals surface area contributed by atoms with E-state index in [2.05, 4.69) is 20.2 Å². The van der Waals surface area contributed by atoms with Crippen LogP contribution in [0.3, 0.4) is 0 Å². The minimum Gasteiger partial charge on any atom is -0.480 e. The molecule has 114 valence electrons. The van der Waals surface area contributed by atoms with Crippen LogP contribution >= 0.6 is 11.6 Å². The second-order valence-corrected chi connectivity index (χ2v) is 4.91. The van der Waals surface area contributed by atoms with Crippen LogP contribution in [0.1, 0.15) is 6.92 Å². The van der Waals surface area contributed by atoms with E-state index < -0.39 is 0 Å². The van der Waals surface area contributed by atoms with Crippen molar-refractivity contribution in [1.82, 2.24) is 24.7 Å². The molecule has 8 heteroatoms. The predicted octanol–water partition coefficient (Wildman–Crippen LogP) is 2.58. The number of rotatable bonds is 4. The smallest absolute Gasteiger partial charge is 0.319 e. The molecule has 0 fully saturated rings. The van der Waals surface area contributed by atoms with E-state index in [1.54, 1.807) is 6.20 Å². The van der Waals surface area contributed by atoms with Crippen molar-refractivity contribution >= 4 is 22.6 Å². The van der Waals surface area contributed by atoms with Crippen LogP contribution in [0.25, 0.3) is 22.3 Å². The van der Waals surface area contributed by atoms with Crippen LogP contribution in [0.15, 0.2) is 18.5 Å². The van der Waals surface area contributed by atoms with Crippen molar-refractivity contribution in [3.8, 4) is 23.1 Å². The van der Waals surface area contributed by atoms with Crippen molar-refractivity contribution in [3.63, 3.8) is 0 Å². The summed E-state index contributed by atoms with van der Waals surface area (Å²) in [5, 5.41) is 8.98. The highest BCUT2D eigenvalue weighted by Crippen LogP contribution is 2.30. The van der Waals surface area contributed by atoms with E-state index in [0.717, 1.165) is 12.1 Å². The average Bonchev–Trinajstić information content (AvgIpc) is 2.89. The van der Waals surface area contributed by atoms with Crippen LogP contribution in [0.2, 0.25) is 5.02 Å². The van der Waals surface area contributed by atoms with E-state index in [-0.39, 0.29) is 6.01 Å². The van der Waals surface area contributed by atoms with Crippen molar-refractivity contribution in [2.45, 2.75) is 13.5 Å². The lowest BCUT2D eigenvalue weighted by Crippen LogP contribution is -2.00. The van der Waals surface area contributed by atoms with E-state index in [1.807, 2.05) is 23.8 Å². The number of hydrogen-bond donors (Lipinski definition) is 0. The summed E-state index contributed by atoms with van der Waals surface area (Å²) in [6.07, 6.45) is 3.44. The van der Waals surface area contributed by atoms with Crippen LogP contribution in [0.4, 0.5) is 0 Å². The molecule has 3 aromatic rings. The Balaban J connectivity index is 2.18. The molecule has 0 radical (unpaired) electrons. The molecule has 0 aliphatic carbocycles. The van der Waals surface area contributed by atoms with Gasteiger partial charge in [-0.3, -0.25) is 0 Å². The van der Waals surface area contributed by atoms with Gasteiger partial charge in [0, 0.05) is 18.9 Å². The van der Waals surface area contributed by atoms with Crippen molar-refractivity contribution in [2.24, 2.45) is 0 Å². The number of aromatic nitrogens is 5. The van der Waals surface area contributed by atoms with Gasteiger partial charge >= 0.3 is 6.01 Å². The number of fused-ring (bicyclic) bond motifs is 1. The molecule has 0 atom stereocenters. The molecule has 0 N–H and O–H groups in total. The van der Waals surface area contributed by atoms with Gasteiger partial charge in [0.25, 0.3) is 0 Å². The van der Waals surface area contributed by atoms with Crippen molar-refractivity contribution in [3.05, 3.63) is 23.5 Å². The number of nitrogens with zero attached hydrogens (tertiary/aromatic N) is 5. The first-order valence-electron chi connectivity index (χ1n) is 6.65. The second kappa shape index (κ2) is 5.76. The first-order chi connectivity index (χ1) is 10.7. The van der Waals surface area contributed by atoms with Gasteiger partial charge in [0.1, 0.15) is 11.2 Å². The third-order valence-electron chi connectivity index (χ3n) is 3.30. The minimum atomic E-state index is 0.231. The van der Waals surface area contributed by atoms with Gasteiger partial charge in [0.05, 0.1) is 30.3 Å². The quantitative estimate of drug-likeness (QED) is 0.735. The summed E-state index contributed by atoms with van der Waals surface area (Å²) in [7, 11) is 3.03. The van der Waals surface area contributed by atoms with Crippen molar-refractivity contribution < 1.29 is 9.47 Å². The lowest BCUT2D eigenvalue weighted by atomic mass is 10.2. The molecule has 7 nitrogen and oxygen atoms in total. The standard InChI is InChI=1S/C14H14ClN5O2/c1-4-20-7-9(15)12-11(20)5-10(18-19-12)8-6-16-14(22-3)17-13(8)21-2/h5-7H,4H2,1-3H3. The van der Waals surface area contributed by atoms with Crippen molar-refractivity contribution in [2.75, 3.05) is 14.2 Å². The topological polar surface area (TPSA) is 75.0 Å². The minimum absolute atomic E-state index is 0.231. The number of aryl methyl sites for hydroxylation is 1. The van der Waals surface area contributed by atoms with Gasteiger partial charge in [-0.1, -0.05) is 11.6 Å². The lowest BCUT2D eigenvalue weighted by molar-refractivity contribution is 0.353.